The van der Waals surface area contributed by atoms with Crippen LogP contribution < -0.4 is 10.2 Å². The zero-order chi connectivity index (χ0) is 16.1. The highest BCUT2D eigenvalue weighted by Crippen LogP contribution is 2.18. The van der Waals surface area contributed by atoms with E-state index in [1.807, 2.05) is 31.2 Å². The molecule has 0 saturated carbocycles. The lowest BCUT2D eigenvalue weighted by molar-refractivity contribution is 0.102. The fourth-order valence-corrected chi connectivity index (χ4v) is 2.80. The lowest BCUT2D eigenvalue weighted by Gasteiger charge is -2.21. The van der Waals surface area contributed by atoms with Crippen molar-refractivity contribution in [3.8, 4) is 0 Å². The third-order valence-corrected chi connectivity index (χ3v) is 4.18. The van der Waals surface area contributed by atoms with Gasteiger partial charge in [-0.3, -0.25) is 4.79 Å². The molecule has 1 fully saturated rings. The Morgan fingerprint density at radius 2 is 1.87 bits per heavy atom. The molecule has 1 saturated heterocycles. The third-order valence-electron chi connectivity index (χ3n) is 4.18. The van der Waals surface area contributed by atoms with E-state index in [1.165, 1.54) is 25.7 Å². The van der Waals surface area contributed by atoms with E-state index in [4.69, 9.17) is 0 Å². The molecule has 0 aliphatic carbocycles. The number of amides is 1. The Morgan fingerprint density at radius 1 is 1.09 bits per heavy atom. The number of carbonyl (C=O) groups excluding carboxylic acids is 1. The number of nitrogens with zero attached hydrogens (tertiary/aromatic N) is 3. The molecule has 0 spiro atoms. The molecule has 3 heterocycles. The summed E-state index contributed by atoms with van der Waals surface area (Å²) in [5.74, 6) is 1.37. The predicted molar refractivity (Wildman–Crippen MR) is 91.8 cm³/mol. The lowest BCUT2D eigenvalue weighted by atomic mass is 10.2. The monoisotopic (exact) mass is 310 g/mol. The highest BCUT2D eigenvalue weighted by molar-refractivity contribution is 6.03. The van der Waals surface area contributed by atoms with Crippen LogP contribution in [-0.2, 0) is 0 Å². The number of nitrogens with one attached hydrogen (secondary N) is 1. The molecular formula is C18H22N4O. The number of anilines is 2. The van der Waals surface area contributed by atoms with Crippen molar-refractivity contribution in [2.24, 2.45) is 0 Å². The van der Waals surface area contributed by atoms with Crippen molar-refractivity contribution >= 4 is 17.5 Å². The summed E-state index contributed by atoms with van der Waals surface area (Å²) in [6.45, 7) is 4.01. The summed E-state index contributed by atoms with van der Waals surface area (Å²) in [5, 5.41) is 2.83. The van der Waals surface area contributed by atoms with Gasteiger partial charge < -0.3 is 10.2 Å². The molecule has 120 valence electrons. The van der Waals surface area contributed by atoms with Crippen LogP contribution in [0.1, 0.15) is 41.6 Å². The van der Waals surface area contributed by atoms with Gasteiger partial charge in [-0.25, -0.2) is 9.97 Å². The molecule has 0 aromatic carbocycles. The second-order valence-corrected chi connectivity index (χ2v) is 5.93. The highest BCUT2D eigenvalue weighted by atomic mass is 16.1. The van der Waals surface area contributed by atoms with Gasteiger partial charge in [0, 0.05) is 25.5 Å². The Bertz CT molecular complexity index is 661. The van der Waals surface area contributed by atoms with Crippen molar-refractivity contribution in [3.63, 3.8) is 0 Å². The fourth-order valence-electron chi connectivity index (χ4n) is 2.80. The maximum Gasteiger partial charge on any atom is 0.258 e. The average Bonchev–Trinajstić information content (AvgIpc) is 2.86. The first-order chi connectivity index (χ1) is 11.2. The van der Waals surface area contributed by atoms with Gasteiger partial charge in [0.1, 0.15) is 11.6 Å². The molecule has 1 amide bonds. The second kappa shape index (κ2) is 7.22. The Morgan fingerprint density at radius 3 is 2.52 bits per heavy atom. The summed E-state index contributed by atoms with van der Waals surface area (Å²) in [4.78, 5) is 23.3. The molecule has 2 aromatic heterocycles. The number of aromatic nitrogens is 2. The zero-order valence-corrected chi connectivity index (χ0v) is 13.5. The number of pyridine rings is 2. The van der Waals surface area contributed by atoms with Gasteiger partial charge in [-0.2, -0.15) is 0 Å². The van der Waals surface area contributed by atoms with Gasteiger partial charge in [-0.15, -0.1) is 0 Å². The van der Waals surface area contributed by atoms with Crippen molar-refractivity contribution in [3.05, 3.63) is 47.8 Å². The molecule has 0 unspecified atom stereocenters. The van der Waals surface area contributed by atoms with Gasteiger partial charge in [0.25, 0.3) is 5.91 Å². The smallest absolute Gasteiger partial charge is 0.258 e. The molecule has 3 rings (SSSR count). The molecule has 0 radical (unpaired) electrons. The fraction of sp³-hybridized carbons (Fsp3) is 0.389. The van der Waals surface area contributed by atoms with Crippen LogP contribution in [0.2, 0.25) is 0 Å². The highest BCUT2D eigenvalue weighted by Gasteiger charge is 2.13. The number of hydrogen-bond donors (Lipinski definition) is 1. The summed E-state index contributed by atoms with van der Waals surface area (Å²) in [6, 6.07) is 7.54. The first kappa shape index (κ1) is 15.5. The quantitative estimate of drug-likeness (QED) is 0.943. The van der Waals surface area contributed by atoms with Gasteiger partial charge >= 0.3 is 0 Å². The maximum atomic E-state index is 12.3. The minimum absolute atomic E-state index is 0.179. The van der Waals surface area contributed by atoms with E-state index >= 15 is 0 Å². The molecule has 1 aliphatic rings. The van der Waals surface area contributed by atoms with E-state index in [2.05, 4.69) is 20.2 Å². The Labute approximate surface area is 136 Å². The van der Waals surface area contributed by atoms with E-state index in [0.29, 0.717) is 11.4 Å². The molecular weight excluding hydrogens is 288 g/mol. The molecule has 5 heteroatoms. The maximum absolute atomic E-state index is 12.3. The molecule has 23 heavy (non-hydrogen) atoms. The van der Waals surface area contributed by atoms with E-state index in [-0.39, 0.29) is 5.91 Å². The Kier molecular flexibility index (Phi) is 4.86. The molecule has 2 aromatic rings. The van der Waals surface area contributed by atoms with Crippen molar-refractivity contribution in [2.75, 3.05) is 23.3 Å². The topological polar surface area (TPSA) is 58.1 Å². The van der Waals surface area contributed by atoms with E-state index < -0.39 is 0 Å². The van der Waals surface area contributed by atoms with Crippen LogP contribution in [0, 0.1) is 6.92 Å². The summed E-state index contributed by atoms with van der Waals surface area (Å²) in [6.07, 6.45) is 8.32. The summed E-state index contributed by atoms with van der Waals surface area (Å²) in [5.41, 5.74) is 1.49. The van der Waals surface area contributed by atoms with Crippen LogP contribution in [-0.4, -0.2) is 29.0 Å². The van der Waals surface area contributed by atoms with Crippen LogP contribution >= 0.6 is 0 Å². The first-order valence-corrected chi connectivity index (χ1v) is 8.18. The number of aryl methyl sites for hydroxylation is 1. The number of carbonyl (C=O) groups is 1. The van der Waals surface area contributed by atoms with Gasteiger partial charge in [-0.1, -0.05) is 18.9 Å². The zero-order valence-electron chi connectivity index (χ0n) is 13.5. The van der Waals surface area contributed by atoms with Crippen molar-refractivity contribution in [2.45, 2.75) is 32.6 Å². The van der Waals surface area contributed by atoms with Crippen LogP contribution in [0.3, 0.4) is 0 Å². The number of hydrogen-bond acceptors (Lipinski definition) is 4. The Hall–Kier alpha value is -2.43. The average molecular weight is 310 g/mol. The van der Waals surface area contributed by atoms with E-state index in [9.17, 15) is 4.79 Å². The van der Waals surface area contributed by atoms with E-state index in [1.54, 1.807) is 12.4 Å². The number of rotatable bonds is 3. The lowest BCUT2D eigenvalue weighted by Crippen LogP contribution is -2.25. The second-order valence-electron chi connectivity index (χ2n) is 5.93. The molecule has 5 nitrogen and oxygen atoms in total. The van der Waals surface area contributed by atoms with Gasteiger partial charge in [0.05, 0.1) is 5.56 Å². The molecule has 1 N–H and O–H groups in total. The first-order valence-electron chi connectivity index (χ1n) is 8.18. The molecule has 1 aliphatic heterocycles. The Balaban J connectivity index is 1.69. The van der Waals surface area contributed by atoms with Crippen LogP contribution in [0.4, 0.5) is 11.6 Å². The largest absolute Gasteiger partial charge is 0.357 e. The minimum Gasteiger partial charge on any atom is -0.357 e. The van der Waals surface area contributed by atoms with Crippen molar-refractivity contribution < 1.29 is 4.79 Å². The molecule has 0 bridgehead atoms. The summed E-state index contributed by atoms with van der Waals surface area (Å²) < 4.78 is 0. The van der Waals surface area contributed by atoms with Crippen LogP contribution in [0.25, 0.3) is 0 Å². The van der Waals surface area contributed by atoms with Crippen molar-refractivity contribution in [1.29, 1.82) is 0 Å². The van der Waals surface area contributed by atoms with Crippen LogP contribution in [0.15, 0.2) is 36.7 Å². The van der Waals surface area contributed by atoms with E-state index in [0.717, 1.165) is 24.5 Å². The minimum atomic E-state index is -0.179. The third kappa shape index (κ3) is 3.86. The van der Waals surface area contributed by atoms with Gasteiger partial charge in [0.2, 0.25) is 0 Å². The normalized spacial score (nSPS) is 15.1. The SMILES string of the molecule is Cc1cccnc1NC(=O)c1ccc(N2CCCCCC2)nc1. The molecule has 0 atom stereocenters. The van der Waals surface area contributed by atoms with Gasteiger partial charge in [-0.05, 0) is 43.5 Å². The van der Waals surface area contributed by atoms with Crippen LogP contribution in [0.5, 0.6) is 0 Å². The van der Waals surface area contributed by atoms with Gasteiger partial charge in [0.15, 0.2) is 0 Å². The standard InChI is InChI=1S/C18H22N4O/c1-14-7-6-10-19-17(14)21-18(23)15-8-9-16(20-13-15)22-11-4-2-3-5-12-22/h6-10,13H,2-5,11-12H2,1H3,(H,19,21,23). The predicted octanol–water partition coefficient (Wildman–Crippen LogP) is 3.42. The summed E-state index contributed by atoms with van der Waals surface area (Å²) in [7, 11) is 0. The summed E-state index contributed by atoms with van der Waals surface area (Å²) >= 11 is 0. The van der Waals surface area contributed by atoms with Crippen molar-refractivity contribution in [1.82, 2.24) is 9.97 Å².